The van der Waals surface area contributed by atoms with Crippen LogP contribution in [0.15, 0.2) is 34.7 Å². The largest absolute Gasteiger partial charge is 0.279 e. The van der Waals surface area contributed by atoms with Crippen molar-refractivity contribution >= 4 is 38.6 Å². The van der Waals surface area contributed by atoms with Crippen LogP contribution >= 0.6 is 22.9 Å². The standard InChI is InChI=1S/C9H6ClFN2O2S2/c10-9-12-5-8(16-9)17(14,15)13-7-3-1-2-6(11)4-7/h1-5,13H. The van der Waals surface area contributed by atoms with Crippen molar-refractivity contribution < 1.29 is 12.8 Å². The van der Waals surface area contributed by atoms with Crippen molar-refractivity contribution in [3.05, 3.63) is 40.7 Å². The van der Waals surface area contributed by atoms with Crippen LogP contribution in [0.3, 0.4) is 0 Å². The second-order valence-corrected chi connectivity index (χ2v) is 6.57. The Hall–Kier alpha value is -1.18. The van der Waals surface area contributed by atoms with E-state index in [9.17, 15) is 12.8 Å². The minimum Gasteiger partial charge on any atom is -0.279 e. The van der Waals surface area contributed by atoms with Gasteiger partial charge in [-0.15, -0.1) is 0 Å². The smallest absolute Gasteiger partial charge is 0.273 e. The van der Waals surface area contributed by atoms with Crippen LogP contribution < -0.4 is 4.72 Å². The summed E-state index contributed by atoms with van der Waals surface area (Å²) in [5, 5.41) is 0. The van der Waals surface area contributed by atoms with Crippen LogP contribution in [-0.4, -0.2) is 13.4 Å². The summed E-state index contributed by atoms with van der Waals surface area (Å²) in [6.07, 6.45) is 1.15. The fourth-order valence-corrected chi connectivity index (χ4v) is 3.46. The Morgan fingerprint density at radius 1 is 1.41 bits per heavy atom. The Bertz CT molecular complexity index is 642. The summed E-state index contributed by atoms with van der Waals surface area (Å²) >= 11 is 6.38. The van der Waals surface area contributed by atoms with Gasteiger partial charge in [-0.2, -0.15) is 0 Å². The van der Waals surface area contributed by atoms with Gasteiger partial charge in [0, 0.05) is 0 Å². The molecule has 0 atom stereocenters. The van der Waals surface area contributed by atoms with Crippen molar-refractivity contribution in [3.8, 4) is 0 Å². The highest BCUT2D eigenvalue weighted by Crippen LogP contribution is 2.24. The fraction of sp³-hybridized carbons (Fsp3) is 0. The molecule has 0 aliphatic heterocycles. The van der Waals surface area contributed by atoms with E-state index in [0.29, 0.717) is 0 Å². The predicted molar refractivity (Wildman–Crippen MR) is 64.3 cm³/mol. The monoisotopic (exact) mass is 292 g/mol. The molecule has 1 heterocycles. The minimum atomic E-state index is -3.75. The molecule has 0 aliphatic rings. The third-order valence-electron chi connectivity index (χ3n) is 1.80. The van der Waals surface area contributed by atoms with E-state index >= 15 is 0 Å². The van der Waals surface area contributed by atoms with Crippen LogP contribution in [0.2, 0.25) is 4.47 Å². The molecule has 1 aromatic heterocycles. The number of nitrogens with zero attached hydrogens (tertiary/aromatic N) is 1. The molecule has 0 fully saturated rings. The van der Waals surface area contributed by atoms with Gasteiger partial charge in [-0.25, -0.2) is 17.8 Å². The summed E-state index contributed by atoms with van der Waals surface area (Å²) < 4.78 is 38.8. The molecule has 1 aromatic carbocycles. The average molecular weight is 293 g/mol. The SMILES string of the molecule is O=S(=O)(Nc1cccc(F)c1)c1cnc(Cl)s1. The van der Waals surface area contributed by atoms with Crippen LogP contribution in [0.1, 0.15) is 0 Å². The summed E-state index contributed by atoms with van der Waals surface area (Å²) in [4.78, 5) is 3.63. The number of benzene rings is 1. The number of anilines is 1. The number of aromatic nitrogens is 1. The minimum absolute atomic E-state index is 0.0215. The van der Waals surface area contributed by atoms with E-state index in [4.69, 9.17) is 11.6 Å². The Morgan fingerprint density at radius 2 is 2.18 bits per heavy atom. The Balaban J connectivity index is 2.29. The maximum atomic E-state index is 12.9. The van der Waals surface area contributed by atoms with Crippen LogP contribution in [0, 0.1) is 5.82 Å². The second kappa shape index (κ2) is 4.59. The summed E-state index contributed by atoms with van der Waals surface area (Å²) in [6.45, 7) is 0. The van der Waals surface area contributed by atoms with E-state index < -0.39 is 15.8 Å². The average Bonchev–Trinajstić information content (AvgIpc) is 2.65. The third-order valence-corrected chi connectivity index (χ3v) is 4.76. The molecule has 0 aliphatic carbocycles. The molecule has 8 heteroatoms. The third kappa shape index (κ3) is 2.93. The normalized spacial score (nSPS) is 11.4. The highest BCUT2D eigenvalue weighted by molar-refractivity contribution is 7.94. The zero-order valence-electron chi connectivity index (χ0n) is 8.22. The van der Waals surface area contributed by atoms with E-state index in [1.54, 1.807) is 0 Å². The zero-order chi connectivity index (χ0) is 12.5. The highest BCUT2D eigenvalue weighted by atomic mass is 35.5. The van der Waals surface area contributed by atoms with Crippen molar-refractivity contribution in [2.45, 2.75) is 4.21 Å². The van der Waals surface area contributed by atoms with Crippen molar-refractivity contribution in [2.75, 3.05) is 4.72 Å². The molecule has 0 radical (unpaired) electrons. The van der Waals surface area contributed by atoms with Gasteiger partial charge in [0.05, 0.1) is 11.9 Å². The van der Waals surface area contributed by atoms with Gasteiger partial charge in [0.2, 0.25) is 0 Å². The molecular formula is C9H6ClFN2O2S2. The Labute approximate surface area is 106 Å². The van der Waals surface area contributed by atoms with Gasteiger partial charge in [0.1, 0.15) is 5.82 Å². The van der Waals surface area contributed by atoms with Crippen molar-refractivity contribution in [3.63, 3.8) is 0 Å². The van der Waals surface area contributed by atoms with Crippen molar-refractivity contribution in [2.24, 2.45) is 0 Å². The van der Waals surface area contributed by atoms with Gasteiger partial charge in [-0.1, -0.05) is 29.0 Å². The van der Waals surface area contributed by atoms with Gasteiger partial charge in [-0.3, -0.25) is 4.72 Å². The number of halogens is 2. The molecule has 0 amide bonds. The lowest BCUT2D eigenvalue weighted by Gasteiger charge is -2.05. The van der Waals surface area contributed by atoms with Gasteiger partial charge >= 0.3 is 0 Å². The van der Waals surface area contributed by atoms with Gasteiger partial charge < -0.3 is 0 Å². The van der Waals surface area contributed by atoms with Crippen LogP contribution in [0.4, 0.5) is 10.1 Å². The Morgan fingerprint density at radius 3 is 2.76 bits per heavy atom. The number of thiazole rings is 1. The molecular weight excluding hydrogens is 287 g/mol. The lowest BCUT2D eigenvalue weighted by Crippen LogP contribution is -2.11. The predicted octanol–water partition coefficient (Wildman–Crippen LogP) is 2.74. The van der Waals surface area contributed by atoms with E-state index in [2.05, 4.69) is 9.71 Å². The van der Waals surface area contributed by atoms with Crippen LogP contribution in [0.25, 0.3) is 0 Å². The number of rotatable bonds is 3. The molecule has 0 saturated heterocycles. The first-order valence-electron chi connectivity index (χ1n) is 4.37. The molecule has 4 nitrogen and oxygen atoms in total. The molecule has 2 aromatic rings. The van der Waals surface area contributed by atoms with Crippen molar-refractivity contribution in [1.82, 2.24) is 4.98 Å². The lowest BCUT2D eigenvalue weighted by molar-refractivity contribution is 0.603. The topological polar surface area (TPSA) is 59.1 Å². The molecule has 17 heavy (non-hydrogen) atoms. The van der Waals surface area contributed by atoms with Gasteiger partial charge in [-0.05, 0) is 18.2 Å². The highest BCUT2D eigenvalue weighted by Gasteiger charge is 2.17. The van der Waals surface area contributed by atoms with Gasteiger partial charge in [0.25, 0.3) is 10.0 Å². The quantitative estimate of drug-likeness (QED) is 0.946. The van der Waals surface area contributed by atoms with E-state index in [-0.39, 0.29) is 14.4 Å². The van der Waals surface area contributed by atoms with Crippen LogP contribution in [-0.2, 0) is 10.0 Å². The number of nitrogens with one attached hydrogen (secondary N) is 1. The van der Waals surface area contributed by atoms with Crippen molar-refractivity contribution in [1.29, 1.82) is 0 Å². The Kier molecular flexibility index (Phi) is 3.32. The molecule has 0 bridgehead atoms. The summed E-state index contributed by atoms with van der Waals surface area (Å²) in [5.41, 5.74) is 0.148. The molecule has 0 spiro atoms. The van der Waals surface area contributed by atoms with E-state index in [1.807, 2.05) is 0 Å². The lowest BCUT2D eigenvalue weighted by atomic mass is 10.3. The number of sulfonamides is 1. The second-order valence-electron chi connectivity index (χ2n) is 3.05. The first-order chi connectivity index (χ1) is 7.97. The number of hydrogen-bond acceptors (Lipinski definition) is 4. The molecule has 90 valence electrons. The maximum absolute atomic E-state index is 12.9. The molecule has 1 N–H and O–H groups in total. The summed E-state index contributed by atoms with van der Waals surface area (Å²) in [7, 11) is -3.75. The van der Waals surface area contributed by atoms with E-state index in [1.165, 1.54) is 18.2 Å². The maximum Gasteiger partial charge on any atom is 0.273 e. The van der Waals surface area contributed by atoms with Gasteiger partial charge in [0.15, 0.2) is 8.68 Å². The van der Waals surface area contributed by atoms with E-state index in [0.717, 1.165) is 23.6 Å². The molecule has 0 saturated carbocycles. The summed E-state index contributed by atoms with van der Waals surface area (Å²) in [6, 6.07) is 5.16. The molecule has 2 rings (SSSR count). The zero-order valence-corrected chi connectivity index (χ0v) is 10.6. The first kappa shape index (κ1) is 12.3. The summed E-state index contributed by atoms with van der Waals surface area (Å²) in [5.74, 6) is -0.521. The number of hydrogen-bond donors (Lipinski definition) is 1. The fourth-order valence-electron chi connectivity index (χ4n) is 1.12. The molecule has 0 unspecified atom stereocenters. The first-order valence-corrected chi connectivity index (χ1v) is 7.05. The van der Waals surface area contributed by atoms with Crippen LogP contribution in [0.5, 0.6) is 0 Å².